The van der Waals surface area contributed by atoms with Crippen molar-refractivity contribution in [2.75, 3.05) is 13.2 Å². The summed E-state index contributed by atoms with van der Waals surface area (Å²) in [5.41, 5.74) is -3.76. The number of aryl methyl sites for hydroxylation is 1. The van der Waals surface area contributed by atoms with Crippen molar-refractivity contribution in [2.45, 2.75) is 110 Å². The molecular weight excluding hydrogens is 957 g/mol. The zero-order valence-corrected chi connectivity index (χ0v) is 40.1. The minimum absolute atomic E-state index is 0.0467. The topological polar surface area (TPSA) is 18.5 Å². The number of hydrogen-bond donors (Lipinski definition) is 0. The zero-order valence-electron chi connectivity index (χ0n) is 40.1. The largest absolute Gasteiger partial charge is 0.493 e. The fourth-order valence-electron chi connectivity index (χ4n) is 8.88. The molecule has 0 amide bonds. The van der Waals surface area contributed by atoms with E-state index in [-0.39, 0.29) is 50.3 Å². The number of halogens is 12. The van der Waals surface area contributed by atoms with Crippen molar-refractivity contribution in [3.63, 3.8) is 0 Å². The summed E-state index contributed by atoms with van der Waals surface area (Å²) >= 11 is 0. The van der Waals surface area contributed by atoms with Gasteiger partial charge >= 0.3 is 6.18 Å². The molecule has 0 aliphatic carbocycles. The van der Waals surface area contributed by atoms with Gasteiger partial charge in [-0.2, -0.15) is 13.2 Å². The minimum Gasteiger partial charge on any atom is -0.493 e. The number of rotatable bonds is 25. The van der Waals surface area contributed by atoms with E-state index in [4.69, 9.17) is 9.47 Å². The van der Waals surface area contributed by atoms with Crippen molar-refractivity contribution >= 4 is 0 Å². The van der Waals surface area contributed by atoms with Crippen LogP contribution in [0.5, 0.6) is 11.5 Å². The van der Waals surface area contributed by atoms with Crippen molar-refractivity contribution < 1.29 is 62.2 Å². The van der Waals surface area contributed by atoms with Gasteiger partial charge in [0.1, 0.15) is 69.4 Å². The van der Waals surface area contributed by atoms with Gasteiger partial charge in [-0.3, -0.25) is 0 Å². The molecule has 6 aromatic carbocycles. The second kappa shape index (κ2) is 25.5. The molecule has 0 bridgehead atoms. The molecule has 2 nitrogen and oxygen atoms in total. The van der Waals surface area contributed by atoms with Crippen LogP contribution in [0.4, 0.5) is 52.7 Å². The van der Waals surface area contributed by atoms with Gasteiger partial charge in [0, 0.05) is 34.4 Å². The van der Waals surface area contributed by atoms with Gasteiger partial charge in [0.25, 0.3) is 0 Å². The number of benzene rings is 6. The fraction of sp³-hybridized carbons (Fsp3) is 0.345. The Bertz CT molecular complexity index is 2730. The molecule has 72 heavy (non-hydrogen) atoms. The average Bonchev–Trinajstić information content (AvgIpc) is 3.30. The third-order valence-corrected chi connectivity index (χ3v) is 12.8. The Kier molecular flexibility index (Phi) is 19.5. The molecule has 384 valence electrons. The summed E-state index contributed by atoms with van der Waals surface area (Å²) in [4.78, 5) is 0. The molecule has 0 radical (unpaired) electrons. The summed E-state index contributed by atoms with van der Waals surface area (Å²) in [6, 6.07) is 15.0. The van der Waals surface area contributed by atoms with E-state index in [9.17, 15) is 30.7 Å². The first-order valence-electron chi connectivity index (χ1n) is 24.2. The molecule has 1 atom stereocenters. The maximum absolute atomic E-state index is 15.3. The first-order chi connectivity index (χ1) is 34.4. The summed E-state index contributed by atoms with van der Waals surface area (Å²) in [6.45, 7) is 7.42. The van der Waals surface area contributed by atoms with E-state index in [2.05, 4.69) is 6.58 Å². The number of alkyl halides is 3. The van der Waals surface area contributed by atoms with Crippen LogP contribution in [-0.2, 0) is 6.18 Å². The highest BCUT2D eigenvalue weighted by atomic mass is 19.4. The van der Waals surface area contributed by atoms with Crippen LogP contribution in [0.2, 0.25) is 0 Å². The van der Waals surface area contributed by atoms with Crippen molar-refractivity contribution in [3.8, 4) is 56.0 Å². The minimum atomic E-state index is -5.27. The van der Waals surface area contributed by atoms with E-state index in [1.165, 1.54) is 44.2 Å². The van der Waals surface area contributed by atoms with Gasteiger partial charge in [-0.1, -0.05) is 76.4 Å². The van der Waals surface area contributed by atoms with Crippen molar-refractivity contribution in [1.29, 1.82) is 0 Å². The predicted molar refractivity (Wildman–Crippen MR) is 258 cm³/mol. The van der Waals surface area contributed by atoms with Crippen LogP contribution in [0.3, 0.4) is 0 Å². The van der Waals surface area contributed by atoms with Crippen LogP contribution in [0.1, 0.15) is 107 Å². The Hall–Kier alpha value is -6.18. The Labute approximate surface area is 412 Å². The highest BCUT2D eigenvalue weighted by Gasteiger charge is 2.38. The standard InChI is InChI=1S/C58H56F12O2/c1-4-37(18-14-10-6-8-12-16-24-72-43-20-22-45(49(62)34-43)39-27-51(64)56(52(65)28-39)41-29-46(59)36(3)47(60)30-41)17-13-9-5-7-11-15-23-71-42-19-21-44(48(61)33-42)38-25-35(2)55(50(63)26-38)40-31-53(66)57(54(67)32-40)58(68,69)70/h4,19-22,25-34,37H,1,5-18,23-24H2,2-3H3. The summed E-state index contributed by atoms with van der Waals surface area (Å²) < 4.78 is 183. The van der Waals surface area contributed by atoms with Crippen LogP contribution in [0.25, 0.3) is 44.5 Å². The van der Waals surface area contributed by atoms with Crippen LogP contribution in [-0.4, -0.2) is 13.2 Å². The molecule has 0 saturated heterocycles. The molecule has 0 aliphatic rings. The maximum Gasteiger partial charge on any atom is 0.422 e. The van der Waals surface area contributed by atoms with E-state index >= 15 is 22.0 Å². The molecular formula is C58H56F12O2. The fourth-order valence-corrected chi connectivity index (χ4v) is 8.88. The van der Waals surface area contributed by atoms with Gasteiger partial charge in [-0.15, -0.1) is 6.58 Å². The van der Waals surface area contributed by atoms with E-state index in [0.717, 1.165) is 126 Å². The average molecular weight is 1010 g/mol. The van der Waals surface area contributed by atoms with Gasteiger partial charge in [0.2, 0.25) is 0 Å². The molecule has 1 unspecified atom stereocenters. The van der Waals surface area contributed by atoms with Gasteiger partial charge in [-0.05, 0) is 140 Å². The van der Waals surface area contributed by atoms with E-state index in [1.807, 2.05) is 6.08 Å². The number of hydrogen-bond acceptors (Lipinski definition) is 2. The van der Waals surface area contributed by atoms with Crippen molar-refractivity contribution in [1.82, 2.24) is 0 Å². The van der Waals surface area contributed by atoms with E-state index in [1.54, 1.807) is 6.07 Å². The quantitative estimate of drug-likeness (QED) is 0.0323. The third-order valence-electron chi connectivity index (χ3n) is 12.8. The Morgan fingerprint density at radius 1 is 0.431 bits per heavy atom. The molecule has 0 heterocycles. The highest BCUT2D eigenvalue weighted by Crippen LogP contribution is 2.40. The highest BCUT2D eigenvalue weighted by molar-refractivity contribution is 5.76. The number of ether oxygens (including phenoxy) is 2. The number of allylic oxidation sites excluding steroid dienone is 1. The second-order valence-electron chi connectivity index (χ2n) is 18.1. The van der Waals surface area contributed by atoms with Crippen LogP contribution in [0, 0.1) is 72.1 Å². The molecule has 0 N–H and O–H groups in total. The zero-order chi connectivity index (χ0) is 52.1. The SMILES string of the molecule is C=CC(CCCCCCCCOc1ccc(-c2cc(C)c(-c3cc(F)c(C(F)(F)F)c(F)c3)c(F)c2)c(F)c1)CCCCCCCCOc1ccc(-c2cc(F)c(-c3cc(F)c(C)c(F)c3)c(F)c2)c(F)c1. The molecule has 0 fully saturated rings. The lowest BCUT2D eigenvalue weighted by atomic mass is 9.94. The van der Waals surface area contributed by atoms with Crippen LogP contribution < -0.4 is 9.47 Å². The van der Waals surface area contributed by atoms with Crippen LogP contribution in [0.15, 0.2) is 97.6 Å². The van der Waals surface area contributed by atoms with E-state index < -0.39 is 75.2 Å². The van der Waals surface area contributed by atoms with Crippen LogP contribution >= 0.6 is 0 Å². The lowest BCUT2D eigenvalue weighted by Gasteiger charge is -2.15. The molecule has 0 saturated carbocycles. The van der Waals surface area contributed by atoms with Gasteiger partial charge in [0.05, 0.1) is 18.8 Å². The monoisotopic (exact) mass is 1010 g/mol. The third kappa shape index (κ3) is 14.5. The Balaban J connectivity index is 0.800. The Morgan fingerprint density at radius 2 is 0.806 bits per heavy atom. The van der Waals surface area contributed by atoms with Gasteiger partial charge in [0.15, 0.2) is 0 Å². The molecule has 6 aromatic rings. The molecule has 0 spiro atoms. The molecule has 0 aliphatic heterocycles. The summed E-state index contributed by atoms with van der Waals surface area (Å²) in [5, 5.41) is 0. The predicted octanol–water partition coefficient (Wildman–Crippen LogP) is 19.0. The lowest BCUT2D eigenvalue weighted by Crippen LogP contribution is -2.11. The smallest absolute Gasteiger partial charge is 0.422 e. The lowest BCUT2D eigenvalue weighted by molar-refractivity contribution is -0.142. The van der Waals surface area contributed by atoms with Crippen molar-refractivity contribution in [3.05, 3.63) is 167 Å². The van der Waals surface area contributed by atoms with Gasteiger partial charge in [-0.25, -0.2) is 39.5 Å². The molecule has 14 heteroatoms. The normalized spacial score (nSPS) is 12.1. The second-order valence-corrected chi connectivity index (χ2v) is 18.1. The molecule has 6 rings (SSSR count). The first kappa shape index (κ1) is 55.1. The molecule has 0 aromatic heterocycles. The summed E-state index contributed by atoms with van der Waals surface area (Å²) in [7, 11) is 0. The number of unbranched alkanes of at least 4 members (excludes halogenated alkanes) is 10. The van der Waals surface area contributed by atoms with E-state index in [0.29, 0.717) is 37.0 Å². The Morgan fingerprint density at radius 3 is 1.22 bits per heavy atom. The first-order valence-corrected chi connectivity index (χ1v) is 24.2. The van der Waals surface area contributed by atoms with Gasteiger partial charge < -0.3 is 9.47 Å². The van der Waals surface area contributed by atoms with Crippen molar-refractivity contribution in [2.24, 2.45) is 5.92 Å². The summed E-state index contributed by atoms with van der Waals surface area (Å²) in [6.07, 6.45) is 11.0. The summed E-state index contributed by atoms with van der Waals surface area (Å²) in [5.74, 6) is -9.13. The maximum atomic E-state index is 15.3.